The second-order valence-electron chi connectivity index (χ2n) is 5.32. The first-order chi connectivity index (χ1) is 10.9. The van der Waals surface area contributed by atoms with E-state index in [1.165, 1.54) is 6.92 Å². The fourth-order valence-corrected chi connectivity index (χ4v) is 2.32. The number of carbonyl (C=O) groups is 1. The Morgan fingerprint density at radius 3 is 2.43 bits per heavy atom. The van der Waals surface area contributed by atoms with E-state index in [0.29, 0.717) is 5.56 Å². The average molecular weight is 327 g/mol. The molecule has 6 atom stereocenters. The third kappa shape index (κ3) is 4.25. The van der Waals surface area contributed by atoms with Crippen molar-refractivity contribution in [2.45, 2.75) is 43.9 Å². The first-order valence-corrected chi connectivity index (χ1v) is 7.22. The SMILES string of the molecule is CC(=O)NC(OC1O[C@H](CO)[C@@H](O)[C@H](O)[C@@H]1O)c1ccccc1. The summed E-state index contributed by atoms with van der Waals surface area (Å²) in [4.78, 5) is 11.4. The van der Waals surface area contributed by atoms with Crippen LogP contribution in [0.15, 0.2) is 30.3 Å². The van der Waals surface area contributed by atoms with Crippen molar-refractivity contribution >= 4 is 5.91 Å². The second-order valence-corrected chi connectivity index (χ2v) is 5.32. The Labute approximate surface area is 133 Å². The van der Waals surface area contributed by atoms with Crippen LogP contribution < -0.4 is 5.32 Å². The van der Waals surface area contributed by atoms with Crippen LogP contribution in [0.25, 0.3) is 0 Å². The quantitative estimate of drug-likeness (QED) is 0.422. The van der Waals surface area contributed by atoms with Crippen LogP contribution in [-0.4, -0.2) is 63.6 Å². The molecular weight excluding hydrogens is 306 g/mol. The van der Waals surface area contributed by atoms with Gasteiger partial charge in [0, 0.05) is 12.5 Å². The van der Waals surface area contributed by atoms with Crippen molar-refractivity contribution in [3.63, 3.8) is 0 Å². The number of hydrogen-bond acceptors (Lipinski definition) is 7. The molecule has 1 aromatic rings. The van der Waals surface area contributed by atoms with E-state index < -0.39 is 43.5 Å². The molecule has 8 nitrogen and oxygen atoms in total. The molecule has 1 saturated heterocycles. The zero-order valence-corrected chi connectivity index (χ0v) is 12.6. The van der Waals surface area contributed by atoms with Crippen molar-refractivity contribution in [3.05, 3.63) is 35.9 Å². The standard InChI is InChI=1S/C15H21NO7/c1-8(18)16-14(9-5-3-2-4-6-9)23-15-13(21)12(20)11(19)10(7-17)22-15/h2-6,10-15,17,19-21H,7H2,1H3,(H,16,18)/t10-,11-,12+,13+,14?,15?/m1/s1. The summed E-state index contributed by atoms with van der Waals surface area (Å²) in [6.45, 7) is 0.757. The number of hydrogen-bond donors (Lipinski definition) is 5. The summed E-state index contributed by atoms with van der Waals surface area (Å²) < 4.78 is 10.8. The van der Waals surface area contributed by atoms with Gasteiger partial charge in [0.15, 0.2) is 12.5 Å². The monoisotopic (exact) mass is 327 g/mol. The predicted octanol–water partition coefficient (Wildman–Crippen LogP) is -1.36. The smallest absolute Gasteiger partial charge is 0.219 e. The van der Waals surface area contributed by atoms with Crippen molar-refractivity contribution in [3.8, 4) is 0 Å². The van der Waals surface area contributed by atoms with E-state index in [4.69, 9.17) is 9.47 Å². The molecule has 8 heteroatoms. The van der Waals surface area contributed by atoms with Gasteiger partial charge in [-0.3, -0.25) is 4.79 Å². The number of aliphatic hydroxyl groups is 4. The number of carbonyl (C=O) groups excluding carboxylic acids is 1. The lowest BCUT2D eigenvalue weighted by Gasteiger charge is -2.40. The topological polar surface area (TPSA) is 128 Å². The van der Waals surface area contributed by atoms with Gasteiger partial charge in [0.05, 0.1) is 6.61 Å². The minimum absolute atomic E-state index is 0.358. The van der Waals surface area contributed by atoms with Gasteiger partial charge in [0.1, 0.15) is 24.4 Å². The number of rotatable bonds is 5. The third-order valence-electron chi connectivity index (χ3n) is 3.56. The molecule has 128 valence electrons. The Morgan fingerprint density at radius 2 is 1.87 bits per heavy atom. The zero-order chi connectivity index (χ0) is 17.0. The summed E-state index contributed by atoms with van der Waals surface area (Å²) in [5.74, 6) is -0.358. The van der Waals surface area contributed by atoms with Crippen LogP contribution in [0, 0.1) is 0 Å². The van der Waals surface area contributed by atoms with E-state index in [1.807, 2.05) is 0 Å². The van der Waals surface area contributed by atoms with Crippen LogP contribution in [-0.2, 0) is 14.3 Å². The first-order valence-electron chi connectivity index (χ1n) is 7.22. The number of aliphatic hydroxyl groups excluding tert-OH is 4. The van der Waals surface area contributed by atoms with E-state index in [-0.39, 0.29) is 5.91 Å². The Bertz CT molecular complexity index is 510. The van der Waals surface area contributed by atoms with Crippen molar-refractivity contribution in [1.82, 2.24) is 5.32 Å². The maximum atomic E-state index is 11.4. The fraction of sp³-hybridized carbons (Fsp3) is 0.533. The summed E-state index contributed by atoms with van der Waals surface area (Å²) in [5, 5.41) is 41.3. The molecule has 2 rings (SSSR count). The third-order valence-corrected chi connectivity index (χ3v) is 3.56. The van der Waals surface area contributed by atoms with E-state index >= 15 is 0 Å². The lowest BCUT2D eigenvalue weighted by atomic mass is 9.99. The highest BCUT2D eigenvalue weighted by Gasteiger charge is 2.45. The average Bonchev–Trinajstić information content (AvgIpc) is 2.55. The number of nitrogens with one attached hydrogen (secondary N) is 1. The molecule has 0 saturated carbocycles. The molecule has 1 amide bonds. The van der Waals surface area contributed by atoms with Gasteiger partial charge in [0.2, 0.25) is 5.91 Å². The van der Waals surface area contributed by atoms with Gasteiger partial charge in [-0.15, -0.1) is 0 Å². The molecule has 0 aliphatic carbocycles. The molecule has 2 unspecified atom stereocenters. The highest BCUT2D eigenvalue weighted by molar-refractivity contribution is 5.73. The molecule has 1 aliphatic rings. The van der Waals surface area contributed by atoms with E-state index in [2.05, 4.69) is 5.32 Å². The van der Waals surface area contributed by atoms with Crippen molar-refractivity contribution in [1.29, 1.82) is 0 Å². The van der Waals surface area contributed by atoms with Gasteiger partial charge >= 0.3 is 0 Å². The van der Waals surface area contributed by atoms with Gasteiger partial charge in [-0.2, -0.15) is 0 Å². The fourth-order valence-electron chi connectivity index (χ4n) is 2.32. The number of ether oxygens (including phenoxy) is 2. The second kappa shape index (κ2) is 7.82. The predicted molar refractivity (Wildman–Crippen MR) is 77.9 cm³/mol. The van der Waals surface area contributed by atoms with Crippen LogP contribution in [0.2, 0.25) is 0 Å². The van der Waals surface area contributed by atoms with E-state index in [9.17, 15) is 25.2 Å². The molecule has 23 heavy (non-hydrogen) atoms. The molecule has 1 heterocycles. The van der Waals surface area contributed by atoms with Crippen molar-refractivity contribution in [2.24, 2.45) is 0 Å². The van der Waals surface area contributed by atoms with Gasteiger partial charge in [-0.1, -0.05) is 30.3 Å². The summed E-state index contributed by atoms with van der Waals surface area (Å²) in [6.07, 6.45) is -7.87. The van der Waals surface area contributed by atoms with Crippen LogP contribution in [0.5, 0.6) is 0 Å². The van der Waals surface area contributed by atoms with Crippen molar-refractivity contribution in [2.75, 3.05) is 6.61 Å². The normalized spacial score (nSPS) is 32.3. The minimum Gasteiger partial charge on any atom is -0.394 e. The van der Waals surface area contributed by atoms with Crippen LogP contribution >= 0.6 is 0 Å². The molecule has 0 radical (unpaired) electrons. The largest absolute Gasteiger partial charge is 0.394 e. The minimum atomic E-state index is -1.54. The summed E-state index contributed by atoms with van der Waals surface area (Å²) >= 11 is 0. The maximum Gasteiger partial charge on any atom is 0.219 e. The highest BCUT2D eigenvalue weighted by Crippen LogP contribution is 2.26. The van der Waals surface area contributed by atoms with Gasteiger partial charge in [-0.25, -0.2) is 0 Å². The summed E-state index contributed by atoms with van der Waals surface area (Å²) in [7, 11) is 0. The molecule has 5 N–H and O–H groups in total. The van der Waals surface area contributed by atoms with Crippen molar-refractivity contribution < 1.29 is 34.7 Å². The number of benzene rings is 1. The number of amides is 1. The summed E-state index contributed by atoms with van der Waals surface area (Å²) in [6, 6.07) is 8.72. The Hall–Kier alpha value is -1.55. The molecule has 1 aromatic carbocycles. The molecular formula is C15H21NO7. The first kappa shape index (κ1) is 17.8. The van der Waals surface area contributed by atoms with Gasteiger partial charge in [-0.05, 0) is 0 Å². The van der Waals surface area contributed by atoms with Crippen LogP contribution in [0.4, 0.5) is 0 Å². The Kier molecular flexibility index (Phi) is 6.05. The Morgan fingerprint density at radius 1 is 1.22 bits per heavy atom. The summed E-state index contributed by atoms with van der Waals surface area (Å²) in [5.41, 5.74) is 0.611. The molecule has 1 fully saturated rings. The maximum absolute atomic E-state index is 11.4. The highest BCUT2D eigenvalue weighted by atomic mass is 16.7. The van der Waals surface area contributed by atoms with Gasteiger partial charge < -0.3 is 35.2 Å². The lowest BCUT2D eigenvalue weighted by molar-refractivity contribution is -0.314. The molecule has 1 aliphatic heterocycles. The molecule has 0 bridgehead atoms. The lowest BCUT2D eigenvalue weighted by Crippen LogP contribution is -2.59. The van der Waals surface area contributed by atoms with E-state index in [0.717, 1.165) is 0 Å². The Balaban J connectivity index is 2.16. The van der Waals surface area contributed by atoms with Gasteiger partial charge in [0.25, 0.3) is 0 Å². The molecule has 0 aromatic heterocycles. The zero-order valence-electron chi connectivity index (χ0n) is 12.6. The van der Waals surface area contributed by atoms with Crippen LogP contribution in [0.3, 0.4) is 0 Å². The molecule has 0 spiro atoms. The van der Waals surface area contributed by atoms with Crippen LogP contribution in [0.1, 0.15) is 18.7 Å². The van der Waals surface area contributed by atoms with E-state index in [1.54, 1.807) is 30.3 Å².